The highest BCUT2D eigenvalue weighted by molar-refractivity contribution is 5.84. The molecule has 0 saturated heterocycles. The number of amides is 1. The van der Waals surface area contributed by atoms with Crippen LogP contribution in [0.4, 0.5) is 10.6 Å². The Balaban J connectivity index is 1.31. The van der Waals surface area contributed by atoms with E-state index in [2.05, 4.69) is 34.7 Å². The number of benzene rings is 2. The number of carboxylic acids is 1. The van der Waals surface area contributed by atoms with E-state index >= 15 is 0 Å². The van der Waals surface area contributed by atoms with Gasteiger partial charge in [-0.25, -0.2) is 9.48 Å². The Hall–Kier alpha value is -3.61. The molecule has 7 heteroatoms. The van der Waals surface area contributed by atoms with Crippen LogP contribution in [0.5, 0.6) is 0 Å². The van der Waals surface area contributed by atoms with E-state index < -0.39 is 12.1 Å². The van der Waals surface area contributed by atoms with Gasteiger partial charge in [0.15, 0.2) is 0 Å². The van der Waals surface area contributed by atoms with Gasteiger partial charge >= 0.3 is 12.1 Å². The van der Waals surface area contributed by atoms with E-state index in [4.69, 9.17) is 9.84 Å². The number of hydrogen-bond acceptors (Lipinski definition) is 4. The minimum Gasteiger partial charge on any atom is -0.480 e. The quantitative estimate of drug-likeness (QED) is 0.643. The summed E-state index contributed by atoms with van der Waals surface area (Å²) in [4.78, 5) is 23.6. The largest absolute Gasteiger partial charge is 0.480 e. The van der Waals surface area contributed by atoms with Crippen LogP contribution in [0.2, 0.25) is 0 Å². The molecule has 1 amide bonds. The average molecular weight is 403 g/mol. The summed E-state index contributed by atoms with van der Waals surface area (Å²) >= 11 is 0. The first-order valence-corrected chi connectivity index (χ1v) is 10.0. The highest BCUT2D eigenvalue weighted by Gasteiger charge is 2.30. The lowest BCUT2D eigenvalue weighted by Crippen LogP contribution is -2.21. The maximum absolute atomic E-state index is 12.5. The minimum absolute atomic E-state index is 0.0332. The van der Waals surface area contributed by atoms with Crippen molar-refractivity contribution in [2.24, 2.45) is 0 Å². The molecule has 0 unspecified atom stereocenters. The summed E-state index contributed by atoms with van der Waals surface area (Å²) in [6.07, 6.45) is 1.45. The molecule has 7 nitrogen and oxygen atoms in total. The van der Waals surface area contributed by atoms with Crippen LogP contribution in [0.3, 0.4) is 0 Å². The Morgan fingerprint density at radius 1 is 1.07 bits per heavy atom. The lowest BCUT2D eigenvalue weighted by molar-refractivity contribution is -0.137. The third-order valence-electron chi connectivity index (χ3n) is 5.65. The number of ether oxygens (including phenoxy) is 1. The second-order valence-corrected chi connectivity index (χ2v) is 7.73. The molecule has 1 heterocycles. The first-order valence-electron chi connectivity index (χ1n) is 10.0. The molecule has 1 saturated carbocycles. The molecule has 152 valence electrons. The molecule has 0 bridgehead atoms. The number of aromatic nitrogens is 2. The normalized spacial score (nSPS) is 14.8. The molecule has 2 aliphatic carbocycles. The van der Waals surface area contributed by atoms with Crippen molar-refractivity contribution in [3.63, 3.8) is 0 Å². The Labute approximate surface area is 173 Å². The van der Waals surface area contributed by atoms with E-state index in [9.17, 15) is 9.59 Å². The van der Waals surface area contributed by atoms with Gasteiger partial charge in [-0.15, -0.1) is 0 Å². The predicted molar refractivity (Wildman–Crippen MR) is 111 cm³/mol. The zero-order chi connectivity index (χ0) is 20.7. The van der Waals surface area contributed by atoms with Gasteiger partial charge in [0.25, 0.3) is 0 Å². The van der Waals surface area contributed by atoms with Crippen molar-refractivity contribution in [2.45, 2.75) is 31.2 Å². The number of fused-ring (bicyclic) bond motifs is 3. The van der Waals surface area contributed by atoms with Crippen molar-refractivity contribution in [2.75, 3.05) is 11.9 Å². The van der Waals surface area contributed by atoms with Crippen molar-refractivity contribution in [1.29, 1.82) is 0 Å². The molecular formula is C23H21N3O4. The number of anilines is 1. The summed E-state index contributed by atoms with van der Waals surface area (Å²) in [6.45, 7) is -0.117. The summed E-state index contributed by atoms with van der Waals surface area (Å²) in [5.41, 5.74) is 5.41. The van der Waals surface area contributed by atoms with Crippen molar-refractivity contribution in [3.05, 3.63) is 71.4 Å². The zero-order valence-corrected chi connectivity index (χ0v) is 16.2. The van der Waals surface area contributed by atoms with Crippen LogP contribution >= 0.6 is 0 Å². The zero-order valence-electron chi connectivity index (χ0n) is 16.2. The van der Waals surface area contributed by atoms with Gasteiger partial charge in [0.2, 0.25) is 0 Å². The highest BCUT2D eigenvalue weighted by Crippen LogP contribution is 2.44. The van der Waals surface area contributed by atoms with Crippen molar-refractivity contribution >= 4 is 17.9 Å². The van der Waals surface area contributed by atoms with Crippen molar-refractivity contribution in [1.82, 2.24) is 9.78 Å². The van der Waals surface area contributed by atoms with Gasteiger partial charge in [-0.3, -0.25) is 10.1 Å². The van der Waals surface area contributed by atoms with E-state index in [1.54, 1.807) is 6.07 Å². The Bertz CT molecular complexity index is 1090. The molecule has 0 aliphatic heterocycles. The summed E-state index contributed by atoms with van der Waals surface area (Å²) in [5.74, 6) is -0.357. The standard InChI is InChI=1S/C23H21N3O4/c27-22(28)12-26-21(11-20(25-26)14-9-10-14)24-23(29)30-13-19-17-7-3-1-5-15(17)16-6-2-4-8-18(16)19/h1-8,11,14,19H,9-10,12-13H2,(H,24,29)(H,27,28). The third kappa shape index (κ3) is 3.43. The van der Waals surface area contributed by atoms with E-state index in [-0.39, 0.29) is 19.1 Å². The minimum atomic E-state index is -1.02. The van der Waals surface area contributed by atoms with Crippen molar-refractivity contribution < 1.29 is 19.4 Å². The van der Waals surface area contributed by atoms with Gasteiger partial charge in [0.05, 0.1) is 5.69 Å². The molecule has 2 aliphatic rings. The van der Waals surface area contributed by atoms with Crippen LogP contribution in [0.15, 0.2) is 54.6 Å². The number of carbonyl (C=O) groups is 2. The number of nitrogens with zero attached hydrogens (tertiary/aromatic N) is 2. The van der Waals surface area contributed by atoms with Gasteiger partial charge in [-0.2, -0.15) is 5.10 Å². The van der Waals surface area contributed by atoms with Gasteiger partial charge < -0.3 is 9.84 Å². The lowest BCUT2D eigenvalue weighted by Gasteiger charge is -2.14. The topological polar surface area (TPSA) is 93.5 Å². The fourth-order valence-electron chi connectivity index (χ4n) is 4.10. The summed E-state index contributed by atoms with van der Waals surface area (Å²) in [6, 6.07) is 18.0. The number of aliphatic carboxylic acids is 1. The van der Waals surface area contributed by atoms with Crippen LogP contribution in [0.1, 0.15) is 41.5 Å². The van der Waals surface area contributed by atoms with Crippen molar-refractivity contribution in [3.8, 4) is 11.1 Å². The van der Waals surface area contributed by atoms with E-state index in [1.807, 2.05) is 24.3 Å². The van der Waals surface area contributed by atoms with Gasteiger partial charge in [-0.1, -0.05) is 48.5 Å². The molecule has 2 N–H and O–H groups in total. The molecule has 1 fully saturated rings. The summed E-state index contributed by atoms with van der Waals surface area (Å²) in [7, 11) is 0. The smallest absolute Gasteiger partial charge is 0.412 e. The fraction of sp³-hybridized carbons (Fsp3) is 0.261. The van der Waals surface area contributed by atoms with E-state index in [1.165, 1.54) is 4.68 Å². The van der Waals surface area contributed by atoms with Crippen LogP contribution in [0, 0.1) is 0 Å². The van der Waals surface area contributed by atoms with Crippen LogP contribution in [-0.2, 0) is 16.1 Å². The predicted octanol–water partition coefficient (Wildman–Crippen LogP) is 4.21. The van der Waals surface area contributed by atoms with Gasteiger partial charge in [0.1, 0.15) is 19.0 Å². The first-order chi connectivity index (χ1) is 14.6. The van der Waals surface area contributed by atoms with Crippen LogP contribution in [-0.4, -0.2) is 33.6 Å². The number of hydrogen-bond donors (Lipinski definition) is 2. The molecule has 2 aromatic carbocycles. The van der Waals surface area contributed by atoms with Crippen LogP contribution in [0.25, 0.3) is 11.1 Å². The maximum Gasteiger partial charge on any atom is 0.412 e. The Morgan fingerprint density at radius 2 is 1.70 bits per heavy atom. The fourth-order valence-corrected chi connectivity index (χ4v) is 4.10. The monoisotopic (exact) mass is 403 g/mol. The SMILES string of the molecule is O=C(O)Cn1nc(C2CC2)cc1NC(=O)OCC1c2ccccc2-c2ccccc21. The van der Waals surface area contributed by atoms with E-state index in [0.29, 0.717) is 11.7 Å². The Morgan fingerprint density at radius 3 is 2.30 bits per heavy atom. The molecule has 0 radical (unpaired) electrons. The second-order valence-electron chi connectivity index (χ2n) is 7.73. The third-order valence-corrected chi connectivity index (χ3v) is 5.65. The number of carboxylic acid groups (broad SMARTS) is 1. The molecule has 5 rings (SSSR count). The van der Waals surface area contributed by atoms with E-state index in [0.717, 1.165) is 40.8 Å². The van der Waals surface area contributed by atoms with Gasteiger partial charge in [0, 0.05) is 17.9 Å². The summed E-state index contributed by atoms with van der Waals surface area (Å²) < 4.78 is 6.85. The first kappa shape index (κ1) is 18.4. The van der Waals surface area contributed by atoms with Gasteiger partial charge in [-0.05, 0) is 35.1 Å². The second kappa shape index (κ2) is 7.33. The number of carbonyl (C=O) groups excluding carboxylic acids is 1. The highest BCUT2D eigenvalue weighted by atomic mass is 16.5. The molecule has 0 atom stereocenters. The average Bonchev–Trinajstić information content (AvgIpc) is 3.45. The summed E-state index contributed by atoms with van der Waals surface area (Å²) in [5, 5.41) is 16.1. The maximum atomic E-state index is 12.5. The lowest BCUT2D eigenvalue weighted by atomic mass is 9.98. The molecule has 1 aromatic heterocycles. The molecule has 0 spiro atoms. The van der Waals surface area contributed by atoms with Crippen LogP contribution < -0.4 is 5.32 Å². The Kier molecular flexibility index (Phi) is 4.50. The molecule has 3 aromatic rings. The molecule has 30 heavy (non-hydrogen) atoms. The number of nitrogens with one attached hydrogen (secondary N) is 1. The number of rotatable bonds is 6. The molecular weight excluding hydrogens is 382 g/mol.